The van der Waals surface area contributed by atoms with Crippen LogP contribution in [-0.2, 0) is 10.0 Å². The molecule has 0 amide bonds. The highest BCUT2D eigenvalue weighted by molar-refractivity contribution is 7.89. The van der Waals surface area contributed by atoms with Crippen LogP contribution in [0.3, 0.4) is 0 Å². The fourth-order valence-electron chi connectivity index (χ4n) is 1.92. The van der Waals surface area contributed by atoms with Crippen molar-refractivity contribution in [2.75, 3.05) is 20.6 Å². The molecular weight excluding hydrogens is 262 g/mol. The number of nitrogens with zero attached hydrogens (tertiary/aromatic N) is 2. The smallest absolute Gasteiger partial charge is 0.242 e. The van der Waals surface area contributed by atoms with Crippen molar-refractivity contribution >= 4 is 10.0 Å². The van der Waals surface area contributed by atoms with Gasteiger partial charge in [0.05, 0.1) is 5.56 Å². The zero-order valence-corrected chi connectivity index (χ0v) is 12.5. The Labute approximate surface area is 114 Å². The van der Waals surface area contributed by atoms with Crippen LogP contribution in [0, 0.1) is 18.3 Å². The zero-order chi connectivity index (χ0) is 14.6. The minimum atomic E-state index is -3.67. The second-order valence-electron chi connectivity index (χ2n) is 4.84. The highest BCUT2D eigenvalue weighted by Gasteiger charge is 2.21. The average molecular weight is 281 g/mol. The summed E-state index contributed by atoms with van der Waals surface area (Å²) in [6.07, 6.45) is 0. The van der Waals surface area contributed by atoms with Gasteiger partial charge in [0.2, 0.25) is 10.0 Å². The Balaban J connectivity index is 3.09. The van der Waals surface area contributed by atoms with E-state index in [2.05, 4.69) is 4.72 Å². The van der Waals surface area contributed by atoms with Crippen molar-refractivity contribution in [1.29, 1.82) is 5.26 Å². The second-order valence-corrected chi connectivity index (χ2v) is 6.53. The molecule has 0 aliphatic rings. The second kappa shape index (κ2) is 6.15. The predicted molar refractivity (Wildman–Crippen MR) is 74.2 cm³/mol. The summed E-state index contributed by atoms with van der Waals surface area (Å²) in [5.74, 6) is 0. The summed E-state index contributed by atoms with van der Waals surface area (Å²) >= 11 is 0. The van der Waals surface area contributed by atoms with E-state index in [1.165, 1.54) is 6.07 Å². The van der Waals surface area contributed by atoms with Gasteiger partial charge in [-0.2, -0.15) is 5.26 Å². The number of benzene rings is 1. The molecule has 0 spiro atoms. The monoisotopic (exact) mass is 281 g/mol. The van der Waals surface area contributed by atoms with E-state index >= 15 is 0 Å². The maximum atomic E-state index is 12.3. The first-order valence-electron chi connectivity index (χ1n) is 5.94. The van der Waals surface area contributed by atoms with Gasteiger partial charge in [-0.1, -0.05) is 12.1 Å². The van der Waals surface area contributed by atoms with E-state index in [1.54, 1.807) is 26.0 Å². The van der Waals surface area contributed by atoms with E-state index in [0.29, 0.717) is 12.1 Å². The Bertz CT molecular complexity index is 588. The molecule has 0 aliphatic carbocycles. The number of hydrogen-bond donors (Lipinski definition) is 1. The molecule has 1 aromatic carbocycles. The van der Waals surface area contributed by atoms with Gasteiger partial charge >= 0.3 is 0 Å². The van der Waals surface area contributed by atoms with Gasteiger partial charge in [0.1, 0.15) is 11.0 Å². The fraction of sp³-hybridized carbons (Fsp3) is 0.462. The fourth-order valence-corrected chi connectivity index (χ4v) is 3.39. The van der Waals surface area contributed by atoms with Crippen LogP contribution in [-0.4, -0.2) is 40.0 Å². The van der Waals surface area contributed by atoms with Gasteiger partial charge in [0.25, 0.3) is 0 Å². The highest BCUT2D eigenvalue weighted by atomic mass is 32.2. The summed E-state index contributed by atoms with van der Waals surface area (Å²) in [5.41, 5.74) is 0.859. The molecule has 0 bridgehead atoms. The SMILES string of the molecule is Cc1cccc(S(=O)(=O)N[C@@H](C)CN(C)C)c1C#N. The normalized spacial score (nSPS) is 13.3. The van der Waals surface area contributed by atoms with Crippen molar-refractivity contribution in [2.24, 2.45) is 0 Å². The summed E-state index contributed by atoms with van der Waals surface area (Å²) in [6.45, 7) is 4.10. The number of likely N-dealkylation sites (N-methyl/N-ethyl adjacent to an activating group) is 1. The highest BCUT2D eigenvalue weighted by Crippen LogP contribution is 2.18. The van der Waals surface area contributed by atoms with E-state index in [-0.39, 0.29) is 16.5 Å². The topological polar surface area (TPSA) is 73.2 Å². The lowest BCUT2D eigenvalue weighted by molar-refractivity contribution is 0.370. The van der Waals surface area contributed by atoms with Gasteiger partial charge in [0, 0.05) is 12.6 Å². The minimum Gasteiger partial charge on any atom is -0.308 e. The van der Waals surface area contributed by atoms with Crippen LogP contribution in [0.15, 0.2) is 23.1 Å². The van der Waals surface area contributed by atoms with Crippen LogP contribution in [0.5, 0.6) is 0 Å². The quantitative estimate of drug-likeness (QED) is 0.877. The molecule has 0 unspecified atom stereocenters. The first-order valence-corrected chi connectivity index (χ1v) is 7.43. The van der Waals surface area contributed by atoms with Gasteiger partial charge in [-0.05, 0) is 39.6 Å². The van der Waals surface area contributed by atoms with Gasteiger partial charge in [0.15, 0.2) is 0 Å². The molecule has 19 heavy (non-hydrogen) atoms. The number of nitriles is 1. The molecule has 0 saturated carbocycles. The van der Waals surface area contributed by atoms with E-state index in [9.17, 15) is 8.42 Å². The molecule has 104 valence electrons. The van der Waals surface area contributed by atoms with Crippen molar-refractivity contribution in [2.45, 2.75) is 24.8 Å². The molecule has 1 N–H and O–H groups in total. The van der Waals surface area contributed by atoms with Crippen LogP contribution in [0.25, 0.3) is 0 Å². The number of nitrogens with one attached hydrogen (secondary N) is 1. The first kappa shape index (κ1) is 15.6. The van der Waals surface area contributed by atoms with Crippen LogP contribution in [0.2, 0.25) is 0 Å². The molecule has 1 rings (SSSR count). The van der Waals surface area contributed by atoms with Crippen LogP contribution in [0.1, 0.15) is 18.1 Å². The Hall–Kier alpha value is -1.42. The molecule has 0 radical (unpaired) electrons. The molecule has 6 heteroatoms. The minimum absolute atomic E-state index is 0.0422. The summed E-state index contributed by atoms with van der Waals surface area (Å²) in [5, 5.41) is 9.09. The molecule has 0 aliphatic heterocycles. The number of sulfonamides is 1. The average Bonchev–Trinajstić information content (AvgIpc) is 2.26. The lowest BCUT2D eigenvalue weighted by Crippen LogP contribution is -2.39. The number of rotatable bonds is 5. The van der Waals surface area contributed by atoms with E-state index in [0.717, 1.165) is 0 Å². The van der Waals surface area contributed by atoms with Gasteiger partial charge in [-0.25, -0.2) is 13.1 Å². The summed E-state index contributed by atoms with van der Waals surface area (Å²) in [6, 6.07) is 6.54. The predicted octanol–water partition coefficient (Wildman–Crippen LogP) is 1.10. The Morgan fingerprint density at radius 2 is 2.05 bits per heavy atom. The van der Waals surface area contributed by atoms with Crippen molar-refractivity contribution in [1.82, 2.24) is 9.62 Å². The largest absolute Gasteiger partial charge is 0.308 e. The molecule has 0 saturated heterocycles. The molecule has 1 atom stereocenters. The molecular formula is C13H19N3O2S. The lowest BCUT2D eigenvalue weighted by Gasteiger charge is -2.19. The Kier molecular flexibility index (Phi) is 5.06. The lowest BCUT2D eigenvalue weighted by atomic mass is 10.1. The third-order valence-electron chi connectivity index (χ3n) is 2.63. The van der Waals surface area contributed by atoms with Gasteiger partial charge < -0.3 is 4.90 Å². The third kappa shape index (κ3) is 4.03. The molecule has 0 heterocycles. The maximum absolute atomic E-state index is 12.3. The van der Waals surface area contributed by atoms with Crippen LogP contribution in [0.4, 0.5) is 0 Å². The van der Waals surface area contributed by atoms with Crippen molar-refractivity contribution in [3.05, 3.63) is 29.3 Å². The Morgan fingerprint density at radius 3 is 2.58 bits per heavy atom. The van der Waals surface area contributed by atoms with Crippen molar-refractivity contribution in [3.63, 3.8) is 0 Å². The van der Waals surface area contributed by atoms with Gasteiger partial charge in [-0.3, -0.25) is 0 Å². The molecule has 5 nitrogen and oxygen atoms in total. The first-order chi connectivity index (χ1) is 8.77. The van der Waals surface area contributed by atoms with Crippen LogP contribution < -0.4 is 4.72 Å². The van der Waals surface area contributed by atoms with Gasteiger partial charge in [-0.15, -0.1) is 0 Å². The zero-order valence-electron chi connectivity index (χ0n) is 11.6. The molecule has 0 fully saturated rings. The summed E-state index contributed by atoms with van der Waals surface area (Å²) in [7, 11) is 0.0768. The number of hydrogen-bond acceptors (Lipinski definition) is 4. The van der Waals surface area contributed by atoms with E-state index < -0.39 is 10.0 Å². The molecule has 0 aromatic heterocycles. The summed E-state index contributed by atoms with van der Waals surface area (Å²) in [4.78, 5) is 1.94. The van der Waals surface area contributed by atoms with E-state index in [1.807, 2.05) is 25.1 Å². The van der Waals surface area contributed by atoms with E-state index in [4.69, 9.17) is 5.26 Å². The maximum Gasteiger partial charge on any atom is 0.242 e. The summed E-state index contributed by atoms with van der Waals surface area (Å²) < 4.78 is 27.1. The standard InChI is InChI=1S/C13H19N3O2S/c1-10-6-5-7-13(12(10)8-14)19(17,18)15-11(2)9-16(3)4/h5-7,11,15H,9H2,1-4H3/t11-/m0/s1. The van der Waals surface area contributed by atoms with Crippen LogP contribution >= 0.6 is 0 Å². The van der Waals surface area contributed by atoms with Crippen molar-refractivity contribution < 1.29 is 8.42 Å². The molecule has 1 aromatic rings. The number of aryl methyl sites for hydroxylation is 1. The third-order valence-corrected chi connectivity index (χ3v) is 4.26. The Morgan fingerprint density at radius 1 is 1.42 bits per heavy atom. The van der Waals surface area contributed by atoms with Crippen molar-refractivity contribution in [3.8, 4) is 6.07 Å².